The van der Waals surface area contributed by atoms with Gasteiger partial charge in [-0.2, -0.15) is 0 Å². The van der Waals surface area contributed by atoms with Crippen molar-refractivity contribution in [2.45, 2.75) is 38.6 Å². The second-order valence-corrected chi connectivity index (χ2v) is 5.88. The van der Waals surface area contributed by atoms with Crippen LogP contribution in [0.1, 0.15) is 31.7 Å². The predicted octanol–water partition coefficient (Wildman–Crippen LogP) is 3.82. The van der Waals surface area contributed by atoms with Crippen molar-refractivity contribution in [3.05, 3.63) is 34.6 Å². The summed E-state index contributed by atoms with van der Waals surface area (Å²) in [7, 11) is 0. The molecule has 1 aliphatic rings. The van der Waals surface area contributed by atoms with Crippen LogP contribution in [0.25, 0.3) is 0 Å². The second-order valence-electron chi connectivity index (χ2n) is 5.48. The molecule has 1 aromatic rings. The largest absolute Gasteiger partial charge is 0.381 e. The lowest BCUT2D eigenvalue weighted by Gasteiger charge is -2.31. The molecule has 112 valence electrons. The number of halogens is 2. The zero-order valence-electron chi connectivity index (χ0n) is 12.0. The van der Waals surface area contributed by atoms with E-state index in [1.807, 2.05) is 0 Å². The molecular weight excluding hydrogens is 277 g/mol. The van der Waals surface area contributed by atoms with Crippen LogP contribution < -0.4 is 5.32 Å². The first-order chi connectivity index (χ1) is 9.70. The van der Waals surface area contributed by atoms with Crippen LogP contribution in [0.5, 0.6) is 0 Å². The van der Waals surface area contributed by atoms with E-state index in [0.717, 1.165) is 44.6 Å². The third-order valence-electron chi connectivity index (χ3n) is 3.88. The lowest BCUT2D eigenvalue weighted by molar-refractivity contribution is 0.0393. The maximum Gasteiger partial charge on any atom is 0.124 e. The molecular formula is C16H23ClFNO. The van der Waals surface area contributed by atoms with Crippen LogP contribution in [-0.2, 0) is 11.2 Å². The summed E-state index contributed by atoms with van der Waals surface area (Å²) in [4.78, 5) is 0. The van der Waals surface area contributed by atoms with Gasteiger partial charge in [-0.05, 0) is 55.8 Å². The van der Waals surface area contributed by atoms with Gasteiger partial charge < -0.3 is 10.1 Å². The molecule has 1 heterocycles. The van der Waals surface area contributed by atoms with Crippen molar-refractivity contribution in [2.75, 3.05) is 19.8 Å². The zero-order valence-corrected chi connectivity index (χ0v) is 12.8. The van der Waals surface area contributed by atoms with Crippen LogP contribution in [0, 0.1) is 11.7 Å². The van der Waals surface area contributed by atoms with Crippen LogP contribution in [0.2, 0.25) is 5.02 Å². The van der Waals surface area contributed by atoms with Gasteiger partial charge in [-0.3, -0.25) is 0 Å². The summed E-state index contributed by atoms with van der Waals surface area (Å²) >= 11 is 6.15. The lowest BCUT2D eigenvalue weighted by Crippen LogP contribution is -2.42. The first kappa shape index (κ1) is 15.7. The highest BCUT2D eigenvalue weighted by Gasteiger charge is 2.24. The molecule has 1 N–H and O–H groups in total. The van der Waals surface area contributed by atoms with E-state index in [4.69, 9.17) is 16.3 Å². The maximum absolute atomic E-state index is 13.1. The van der Waals surface area contributed by atoms with Gasteiger partial charge in [0.05, 0.1) is 6.61 Å². The molecule has 2 nitrogen and oxygen atoms in total. The smallest absolute Gasteiger partial charge is 0.124 e. The summed E-state index contributed by atoms with van der Waals surface area (Å²) in [6.45, 7) is 4.82. The van der Waals surface area contributed by atoms with E-state index in [9.17, 15) is 4.39 Å². The number of nitrogens with one attached hydrogen (secondary N) is 1. The Kier molecular flexibility index (Phi) is 6.27. The van der Waals surface area contributed by atoms with Crippen molar-refractivity contribution in [2.24, 2.45) is 5.92 Å². The van der Waals surface area contributed by atoms with Crippen LogP contribution in [0.4, 0.5) is 4.39 Å². The fraction of sp³-hybridized carbons (Fsp3) is 0.625. The topological polar surface area (TPSA) is 21.3 Å². The van der Waals surface area contributed by atoms with Gasteiger partial charge in [-0.1, -0.05) is 24.6 Å². The fourth-order valence-electron chi connectivity index (χ4n) is 2.74. The minimum atomic E-state index is -0.280. The molecule has 2 rings (SSSR count). The van der Waals surface area contributed by atoms with Gasteiger partial charge >= 0.3 is 0 Å². The Morgan fingerprint density at radius 2 is 2.35 bits per heavy atom. The van der Waals surface area contributed by atoms with Gasteiger partial charge in [-0.25, -0.2) is 4.39 Å². The molecule has 0 aliphatic carbocycles. The molecule has 1 saturated heterocycles. The molecule has 1 aliphatic heterocycles. The Morgan fingerprint density at radius 1 is 1.50 bits per heavy atom. The molecule has 0 radical (unpaired) electrons. The van der Waals surface area contributed by atoms with Crippen LogP contribution in [0.3, 0.4) is 0 Å². The summed E-state index contributed by atoms with van der Waals surface area (Å²) in [6.07, 6.45) is 4.22. The van der Waals surface area contributed by atoms with Crippen molar-refractivity contribution in [1.82, 2.24) is 5.32 Å². The van der Waals surface area contributed by atoms with Crippen LogP contribution in [-0.4, -0.2) is 25.8 Å². The van der Waals surface area contributed by atoms with E-state index >= 15 is 0 Å². The first-order valence-corrected chi connectivity index (χ1v) is 7.83. The summed E-state index contributed by atoms with van der Waals surface area (Å²) in [5, 5.41) is 4.12. The summed E-state index contributed by atoms with van der Waals surface area (Å²) in [5.74, 6) is 0.231. The quantitative estimate of drug-likeness (QED) is 0.862. The van der Waals surface area contributed by atoms with Crippen molar-refractivity contribution in [1.29, 1.82) is 0 Å². The Balaban J connectivity index is 2.05. The molecule has 1 aromatic carbocycles. The maximum atomic E-state index is 13.1. The van der Waals surface area contributed by atoms with E-state index in [0.29, 0.717) is 17.0 Å². The van der Waals surface area contributed by atoms with Gasteiger partial charge in [0.2, 0.25) is 0 Å². The molecule has 20 heavy (non-hydrogen) atoms. The minimum Gasteiger partial charge on any atom is -0.381 e. The molecule has 2 unspecified atom stereocenters. The number of hydrogen-bond donors (Lipinski definition) is 1. The number of ether oxygens (including phenoxy) is 1. The summed E-state index contributed by atoms with van der Waals surface area (Å²) < 4.78 is 18.7. The van der Waals surface area contributed by atoms with Crippen molar-refractivity contribution in [3.8, 4) is 0 Å². The lowest BCUT2D eigenvalue weighted by atomic mass is 9.89. The molecule has 1 fully saturated rings. The highest BCUT2D eigenvalue weighted by atomic mass is 35.5. The van der Waals surface area contributed by atoms with E-state index in [2.05, 4.69) is 12.2 Å². The van der Waals surface area contributed by atoms with E-state index < -0.39 is 0 Å². The first-order valence-electron chi connectivity index (χ1n) is 7.45. The number of hydrogen-bond acceptors (Lipinski definition) is 2. The average molecular weight is 300 g/mol. The Morgan fingerprint density at radius 3 is 3.00 bits per heavy atom. The van der Waals surface area contributed by atoms with Crippen LogP contribution >= 0.6 is 11.6 Å². The third kappa shape index (κ3) is 4.44. The molecule has 0 aromatic heterocycles. The molecule has 0 saturated carbocycles. The van der Waals surface area contributed by atoms with Crippen molar-refractivity contribution >= 4 is 11.6 Å². The van der Waals surface area contributed by atoms with Gasteiger partial charge in [-0.15, -0.1) is 0 Å². The predicted molar refractivity (Wildman–Crippen MR) is 80.7 cm³/mol. The standard InChI is InChI=1S/C16H23ClFNO/c1-2-7-19-16(13-4-3-8-20-11-13)9-12-5-6-14(18)10-15(12)17/h5-6,10,13,16,19H,2-4,7-9,11H2,1H3. The fourth-order valence-corrected chi connectivity index (χ4v) is 2.99. The third-order valence-corrected chi connectivity index (χ3v) is 4.23. The highest BCUT2D eigenvalue weighted by molar-refractivity contribution is 6.31. The Labute approximate surface area is 125 Å². The monoisotopic (exact) mass is 299 g/mol. The highest BCUT2D eigenvalue weighted by Crippen LogP contribution is 2.24. The van der Waals surface area contributed by atoms with E-state index in [-0.39, 0.29) is 5.82 Å². The van der Waals surface area contributed by atoms with E-state index in [1.54, 1.807) is 6.07 Å². The van der Waals surface area contributed by atoms with Gasteiger partial charge in [0.15, 0.2) is 0 Å². The number of rotatable bonds is 6. The van der Waals surface area contributed by atoms with Crippen molar-refractivity contribution in [3.63, 3.8) is 0 Å². The number of benzene rings is 1. The normalized spacial score (nSPS) is 20.9. The van der Waals surface area contributed by atoms with Gasteiger partial charge in [0.1, 0.15) is 5.82 Å². The summed E-state index contributed by atoms with van der Waals surface area (Å²) in [6, 6.07) is 5.01. The minimum absolute atomic E-state index is 0.280. The van der Waals surface area contributed by atoms with Crippen molar-refractivity contribution < 1.29 is 9.13 Å². The Bertz CT molecular complexity index is 421. The van der Waals surface area contributed by atoms with Gasteiger partial charge in [0, 0.05) is 17.7 Å². The Hall–Kier alpha value is -0.640. The molecule has 4 heteroatoms. The van der Waals surface area contributed by atoms with E-state index in [1.165, 1.54) is 18.6 Å². The molecule has 0 bridgehead atoms. The SMILES string of the molecule is CCCNC(Cc1ccc(F)cc1Cl)C1CCCOC1. The molecule has 2 atom stereocenters. The second kappa shape index (κ2) is 7.96. The summed E-state index contributed by atoms with van der Waals surface area (Å²) in [5.41, 5.74) is 1.01. The molecule has 0 spiro atoms. The van der Waals surface area contributed by atoms with Crippen LogP contribution in [0.15, 0.2) is 18.2 Å². The average Bonchev–Trinajstić information content (AvgIpc) is 2.46. The van der Waals surface area contributed by atoms with Gasteiger partial charge in [0.25, 0.3) is 0 Å². The zero-order chi connectivity index (χ0) is 14.4. The molecule has 0 amide bonds.